The van der Waals surface area contributed by atoms with Crippen molar-refractivity contribution in [1.82, 2.24) is 0 Å². The first-order valence-electron chi connectivity index (χ1n) is 8.75. The molecule has 0 saturated heterocycles. The van der Waals surface area contributed by atoms with Crippen molar-refractivity contribution in [2.24, 2.45) is 5.92 Å². The van der Waals surface area contributed by atoms with Crippen LogP contribution in [0.2, 0.25) is 0 Å². The summed E-state index contributed by atoms with van der Waals surface area (Å²) < 4.78 is 14.7. The molecular formula is C23H19OP. The van der Waals surface area contributed by atoms with Crippen LogP contribution in [0.5, 0.6) is 0 Å². The molecule has 0 amide bonds. The Kier molecular flexibility index (Phi) is 3.17. The van der Waals surface area contributed by atoms with E-state index in [-0.39, 0.29) is 5.16 Å². The van der Waals surface area contributed by atoms with Crippen LogP contribution in [0.15, 0.2) is 97.1 Å². The van der Waals surface area contributed by atoms with Crippen molar-refractivity contribution in [1.29, 1.82) is 0 Å². The van der Waals surface area contributed by atoms with E-state index in [1.54, 1.807) is 0 Å². The Labute approximate surface area is 148 Å². The maximum absolute atomic E-state index is 14.7. The Morgan fingerprint density at radius 1 is 0.800 bits per heavy atom. The van der Waals surface area contributed by atoms with Crippen molar-refractivity contribution in [2.45, 2.75) is 11.6 Å². The van der Waals surface area contributed by atoms with Gasteiger partial charge in [0.2, 0.25) is 0 Å². The molecule has 5 rings (SSSR count). The number of hydrogen-bond donors (Lipinski definition) is 0. The fourth-order valence-electron chi connectivity index (χ4n) is 4.25. The van der Waals surface area contributed by atoms with Crippen molar-refractivity contribution >= 4 is 28.5 Å². The summed E-state index contributed by atoms with van der Waals surface area (Å²) in [6.07, 6.45) is 9.54. The standard InChI is InChI=1S/C23H19OP/c24-25(21-11-2-1-3-12-21,23-15-7-6-10-20(23)17-23)22-14-13-18-8-4-5-9-19(18)16-22/h1-16,20H,17H2. The van der Waals surface area contributed by atoms with Gasteiger partial charge in [0, 0.05) is 10.6 Å². The summed E-state index contributed by atoms with van der Waals surface area (Å²) in [5.74, 6) is 0.384. The van der Waals surface area contributed by atoms with Gasteiger partial charge in [-0.3, -0.25) is 0 Å². The SMILES string of the molecule is O=P(c1ccccc1)(c1ccc2ccccc2c1)C12C=CC=CC1C2. The molecule has 2 heteroatoms. The highest BCUT2D eigenvalue weighted by molar-refractivity contribution is 7.80. The molecule has 1 saturated carbocycles. The fraction of sp³-hybridized carbons (Fsp3) is 0.130. The third kappa shape index (κ3) is 2.06. The van der Waals surface area contributed by atoms with Gasteiger partial charge in [-0.15, -0.1) is 0 Å². The summed E-state index contributed by atoms with van der Waals surface area (Å²) in [6, 6.07) is 24.7. The van der Waals surface area contributed by atoms with Gasteiger partial charge < -0.3 is 4.57 Å². The average Bonchev–Trinajstić information content (AvgIpc) is 3.44. The van der Waals surface area contributed by atoms with Gasteiger partial charge in [0.15, 0.2) is 7.14 Å². The van der Waals surface area contributed by atoms with E-state index < -0.39 is 7.14 Å². The minimum absolute atomic E-state index is 0.244. The molecule has 3 aromatic rings. The smallest absolute Gasteiger partial charge is 0.153 e. The summed E-state index contributed by atoms with van der Waals surface area (Å²) in [5.41, 5.74) is 0. The lowest BCUT2D eigenvalue weighted by Crippen LogP contribution is -2.28. The molecule has 1 nitrogen and oxygen atoms in total. The third-order valence-corrected chi connectivity index (χ3v) is 9.54. The van der Waals surface area contributed by atoms with Crippen LogP contribution < -0.4 is 10.6 Å². The number of hydrogen-bond acceptors (Lipinski definition) is 1. The van der Waals surface area contributed by atoms with E-state index in [1.807, 2.05) is 42.5 Å². The summed E-state index contributed by atoms with van der Waals surface area (Å²) in [6.45, 7) is 0. The van der Waals surface area contributed by atoms with E-state index in [9.17, 15) is 4.57 Å². The van der Waals surface area contributed by atoms with Crippen LogP contribution in [-0.2, 0) is 4.57 Å². The van der Waals surface area contributed by atoms with E-state index in [4.69, 9.17) is 0 Å². The lowest BCUT2D eigenvalue weighted by Gasteiger charge is -2.28. The van der Waals surface area contributed by atoms with Crippen LogP contribution in [0.25, 0.3) is 10.8 Å². The minimum atomic E-state index is -2.78. The number of rotatable bonds is 3. The van der Waals surface area contributed by atoms with Crippen molar-refractivity contribution in [3.63, 3.8) is 0 Å². The van der Waals surface area contributed by atoms with Crippen molar-refractivity contribution in [3.05, 3.63) is 97.1 Å². The lowest BCUT2D eigenvalue weighted by atomic mass is 10.1. The highest BCUT2D eigenvalue weighted by atomic mass is 31.2. The Bertz CT molecular complexity index is 1060. The van der Waals surface area contributed by atoms with Crippen molar-refractivity contribution in [3.8, 4) is 0 Å². The van der Waals surface area contributed by atoms with E-state index in [0.29, 0.717) is 5.92 Å². The maximum atomic E-state index is 14.7. The summed E-state index contributed by atoms with van der Waals surface area (Å²) in [4.78, 5) is 0. The first-order chi connectivity index (χ1) is 12.2. The Balaban J connectivity index is 1.77. The van der Waals surface area contributed by atoms with E-state index in [2.05, 4.69) is 54.6 Å². The predicted molar refractivity (Wildman–Crippen MR) is 106 cm³/mol. The largest absolute Gasteiger partial charge is 0.313 e. The molecule has 0 aromatic heterocycles. The molecule has 3 aromatic carbocycles. The second-order valence-electron chi connectivity index (χ2n) is 7.02. The monoisotopic (exact) mass is 342 g/mol. The van der Waals surface area contributed by atoms with Crippen LogP contribution in [0.4, 0.5) is 0 Å². The van der Waals surface area contributed by atoms with Crippen molar-refractivity contribution < 1.29 is 4.57 Å². The van der Waals surface area contributed by atoms with Crippen LogP contribution in [0, 0.1) is 5.92 Å². The van der Waals surface area contributed by atoms with Gasteiger partial charge in [-0.05, 0) is 29.2 Å². The van der Waals surface area contributed by atoms with E-state index in [0.717, 1.165) is 22.4 Å². The molecule has 2 aliphatic rings. The lowest BCUT2D eigenvalue weighted by molar-refractivity contribution is 0.580. The van der Waals surface area contributed by atoms with Crippen molar-refractivity contribution in [2.75, 3.05) is 0 Å². The summed E-state index contributed by atoms with van der Waals surface area (Å²) >= 11 is 0. The van der Waals surface area contributed by atoms with Gasteiger partial charge in [0.05, 0.1) is 5.16 Å². The Morgan fingerprint density at radius 3 is 2.36 bits per heavy atom. The quantitative estimate of drug-likeness (QED) is 0.610. The zero-order valence-corrected chi connectivity index (χ0v) is 14.8. The number of fused-ring (bicyclic) bond motifs is 2. The summed E-state index contributed by atoms with van der Waals surface area (Å²) in [5, 5.41) is 4.04. The molecule has 0 N–H and O–H groups in total. The van der Waals surface area contributed by atoms with Crippen LogP contribution in [0.1, 0.15) is 6.42 Å². The maximum Gasteiger partial charge on any atom is 0.153 e. The molecule has 0 bridgehead atoms. The molecule has 3 atom stereocenters. The zero-order valence-electron chi connectivity index (χ0n) is 13.9. The van der Waals surface area contributed by atoms with Crippen LogP contribution in [0.3, 0.4) is 0 Å². The average molecular weight is 342 g/mol. The molecular weight excluding hydrogens is 323 g/mol. The first kappa shape index (κ1) is 14.9. The molecule has 25 heavy (non-hydrogen) atoms. The van der Waals surface area contributed by atoms with Crippen LogP contribution in [-0.4, -0.2) is 5.16 Å². The van der Waals surface area contributed by atoms with E-state index in [1.165, 1.54) is 5.39 Å². The number of benzene rings is 3. The highest BCUT2D eigenvalue weighted by Crippen LogP contribution is 2.73. The molecule has 3 unspecified atom stereocenters. The molecule has 0 radical (unpaired) electrons. The van der Waals surface area contributed by atoms with Gasteiger partial charge in [-0.2, -0.15) is 0 Å². The molecule has 0 heterocycles. The van der Waals surface area contributed by atoms with Gasteiger partial charge >= 0.3 is 0 Å². The predicted octanol–water partition coefficient (Wildman–Crippen LogP) is 5.04. The molecule has 122 valence electrons. The number of allylic oxidation sites excluding steroid dienone is 4. The van der Waals surface area contributed by atoms with Gasteiger partial charge in [-0.25, -0.2) is 0 Å². The van der Waals surface area contributed by atoms with Crippen LogP contribution >= 0.6 is 7.14 Å². The Morgan fingerprint density at radius 2 is 1.56 bits per heavy atom. The zero-order chi connectivity index (χ0) is 16.9. The highest BCUT2D eigenvalue weighted by Gasteiger charge is 2.64. The van der Waals surface area contributed by atoms with Gasteiger partial charge in [0.1, 0.15) is 0 Å². The second kappa shape index (κ2) is 5.31. The van der Waals surface area contributed by atoms with Gasteiger partial charge in [0.25, 0.3) is 0 Å². The molecule has 1 fully saturated rings. The molecule has 0 spiro atoms. The molecule has 0 aliphatic heterocycles. The molecule has 2 aliphatic carbocycles. The second-order valence-corrected chi connectivity index (χ2v) is 10.1. The normalized spacial score (nSPS) is 26.2. The Hall–Kier alpha value is -2.37. The van der Waals surface area contributed by atoms with Gasteiger partial charge in [-0.1, -0.05) is 91.0 Å². The summed E-state index contributed by atoms with van der Waals surface area (Å²) in [7, 11) is -2.78. The van der Waals surface area contributed by atoms with E-state index >= 15 is 0 Å². The fourth-order valence-corrected chi connectivity index (χ4v) is 8.01. The third-order valence-electron chi connectivity index (χ3n) is 5.67. The minimum Gasteiger partial charge on any atom is -0.313 e. The topological polar surface area (TPSA) is 17.1 Å². The first-order valence-corrected chi connectivity index (χ1v) is 10.5.